The molecule has 0 bridgehead atoms. The molecule has 1 aliphatic heterocycles. The Hall–Kier alpha value is -2.36. The van der Waals surface area contributed by atoms with Crippen molar-refractivity contribution in [2.24, 2.45) is 0 Å². The van der Waals surface area contributed by atoms with Crippen LogP contribution in [0.4, 0.5) is 0 Å². The molecule has 1 aliphatic rings. The van der Waals surface area contributed by atoms with Crippen LogP contribution in [0.2, 0.25) is 0 Å². The number of nitrogens with zero attached hydrogens (tertiary/aromatic N) is 1. The van der Waals surface area contributed by atoms with Crippen molar-refractivity contribution in [2.75, 3.05) is 6.61 Å². The maximum atomic E-state index is 12.1. The van der Waals surface area contributed by atoms with Crippen molar-refractivity contribution < 1.29 is 9.53 Å². The summed E-state index contributed by atoms with van der Waals surface area (Å²) in [7, 11) is 0. The van der Waals surface area contributed by atoms with E-state index in [4.69, 9.17) is 4.74 Å². The minimum absolute atomic E-state index is 0.0577. The number of hydrogen-bond donors (Lipinski definition) is 1. The number of pyridine rings is 1. The van der Waals surface area contributed by atoms with Gasteiger partial charge in [-0.3, -0.25) is 9.78 Å². The lowest BCUT2D eigenvalue weighted by molar-refractivity contribution is -0.121. The molecule has 1 unspecified atom stereocenters. The summed E-state index contributed by atoms with van der Waals surface area (Å²) in [6, 6.07) is 13.7. The van der Waals surface area contributed by atoms with Gasteiger partial charge in [-0.05, 0) is 36.1 Å². The van der Waals surface area contributed by atoms with E-state index in [0.717, 1.165) is 23.4 Å². The molecular weight excluding hydrogens is 264 g/mol. The SMILES string of the molecule is O=C(CC1CCOc2ccccc21)NCc1ccccn1. The largest absolute Gasteiger partial charge is 0.493 e. The van der Waals surface area contributed by atoms with Crippen LogP contribution in [0.3, 0.4) is 0 Å². The highest BCUT2D eigenvalue weighted by Gasteiger charge is 2.23. The van der Waals surface area contributed by atoms with Gasteiger partial charge in [0.25, 0.3) is 0 Å². The van der Waals surface area contributed by atoms with Gasteiger partial charge < -0.3 is 10.1 Å². The number of amides is 1. The van der Waals surface area contributed by atoms with Crippen molar-refractivity contribution in [1.29, 1.82) is 0 Å². The van der Waals surface area contributed by atoms with Crippen LogP contribution in [-0.2, 0) is 11.3 Å². The Morgan fingerprint density at radius 2 is 2.10 bits per heavy atom. The van der Waals surface area contributed by atoms with Crippen LogP contribution in [0.15, 0.2) is 48.7 Å². The molecule has 0 fully saturated rings. The second kappa shape index (κ2) is 6.39. The maximum absolute atomic E-state index is 12.1. The van der Waals surface area contributed by atoms with Gasteiger partial charge in [-0.2, -0.15) is 0 Å². The third-order valence-corrected chi connectivity index (χ3v) is 3.71. The number of aromatic nitrogens is 1. The zero-order valence-corrected chi connectivity index (χ0v) is 11.8. The lowest BCUT2D eigenvalue weighted by Gasteiger charge is -2.25. The van der Waals surface area contributed by atoms with Crippen LogP contribution in [0.25, 0.3) is 0 Å². The molecule has 1 amide bonds. The van der Waals surface area contributed by atoms with Crippen molar-refractivity contribution in [2.45, 2.75) is 25.3 Å². The van der Waals surface area contributed by atoms with Crippen molar-refractivity contribution in [1.82, 2.24) is 10.3 Å². The fraction of sp³-hybridized carbons (Fsp3) is 0.294. The van der Waals surface area contributed by atoms with E-state index in [1.165, 1.54) is 0 Å². The van der Waals surface area contributed by atoms with Crippen LogP contribution >= 0.6 is 0 Å². The summed E-state index contributed by atoms with van der Waals surface area (Å²) in [5.41, 5.74) is 2.01. The molecule has 2 aromatic rings. The fourth-order valence-electron chi connectivity index (χ4n) is 2.62. The summed E-state index contributed by atoms with van der Waals surface area (Å²) in [4.78, 5) is 16.3. The average molecular weight is 282 g/mol. The van der Waals surface area contributed by atoms with E-state index in [1.807, 2.05) is 42.5 Å². The monoisotopic (exact) mass is 282 g/mol. The molecule has 4 nitrogen and oxygen atoms in total. The number of fused-ring (bicyclic) bond motifs is 1. The fourth-order valence-corrected chi connectivity index (χ4v) is 2.62. The van der Waals surface area contributed by atoms with Crippen molar-refractivity contribution in [3.63, 3.8) is 0 Å². The van der Waals surface area contributed by atoms with Crippen LogP contribution in [0.1, 0.15) is 30.0 Å². The Bertz CT molecular complexity index is 613. The maximum Gasteiger partial charge on any atom is 0.220 e. The zero-order chi connectivity index (χ0) is 14.5. The number of benzene rings is 1. The van der Waals surface area contributed by atoms with E-state index in [-0.39, 0.29) is 11.8 Å². The Labute approximate surface area is 124 Å². The van der Waals surface area contributed by atoms with E-state index in [2.05, 4.69) is 10.3 Å². The molecule has 108 valence electrons. The Morgan fingerprint density at radius 1 is 1.24 bits per heavy atom. The normalized spacial score (nSPS) is 16.7. The van der Waals surface area contributed by atoms with E-state index in [0.29, 0.717) is 19.6 Å². The average Bonchev–Trinajstić information content (AvgIpc) is 2.54. The highest BCUT2D eigenvalue weighted by molar-refractivity contribution is 5.77. The molecule has 4 heteroatoms. The predicted molar refractivity (Wildman–Crippen MR) is 80.0 cm³/mol. The molecule has 1 aromatic carbocycles. The predicted octanol–water partition coefficient (Wildman–Crippen LogP) is 2.65. The van der Waals surface area contributed by atoms with Crippen LogP contribution < -0.4 is 10.1 Å². The van der Waals surface area contributed by atoms with Gasteiger partial charge in [-0.15, -0.1) is 0 Å². The van der Waals surface area contributed by atoms with Crippen LogP contribution in [0, 0.1) is 0 Å². The molecule has 0 aliphatic carbocycles. The first kappa shape index (κ1) is 13.6. The van der Waals surface area contributed by atoms with Crippen molar-refractivity contribution in [3.8, 4) is 5.75 Å². The first-order chi connectivity index (χ1) is 10.3. The summed E-state index contributed by atoms with van der Waals surface area (Å²) >= 11 is 0. The minimum atomic E-state index is 0.0577. The van der Waals surface area contributed by atoms with Gasteiger partial charge in [-0.25, -0.2) is 0 Å². The molecule has 0 saturated carbocycles. The number of para-hydroxylation sites is 1. The van der Waals surface area contributed by atoms with Crippen LogP contribution in [0.5, 0.6) is 5.75 Å². The summed E-state index contributed by atoms with van der Waals surface area (Å²) in [5.74, 6) is 1.20. The van der Waals surface area contributed by atoms with Crippen LogP contribution in [-0.4, -0.2) is 17.5 Å². The second-order valence-electron chi connectivity index (χ2n) is 5.17. The summed E-state index contributed by atoms with van der Waals surface area (Å²) < 4.78 is 5.62. The number of carbonyl (C=O) groups excluding carboxylic acids is 1. The lowest BCUT2D eigenvalue weighted by Crippen LogP contribution is -2.26. The highest BCUT2D eigenvalue weighted by atomic mass is 16.5. The third kappa shape index (κ3) is 3.40. The topological polar surface area (TPSA) is 51.2 Å². The second-order valence-corrected chi connectivity index (χ2v) is 5.17. The lowest BCUT2D eigenvalue weighted by atomic mass is 9.90. The molecule has 0 spiro atoms. The molecule has 1 atom stereocenters. The van der Waals surface area contributed by atoms with Crippen molar-refractivity contribution in [3.05, 3.63) is 59.9 Å². The Balaban J connectivity index is 1.58. The Kier molecular flexibility index (Phi) is 4.15. The number of nitrogens with one attached hydrogen (secondary N) is 1. The smallest absolute Gasteiger partial charge is 0.220 e. The first-order valence-electron chi connectivity index (χ1n) is 7.21. The minimum Gasteiger partial charge on any atom is -0.493 e. The Morgan fingerprint density at radius 3 is 2.95 bits per heavy atom. The van der Waals surface area contributed by atoms with E-state index in [1.54, 1.807) is 6.20 Å². The van der Waals surface area contributed by atoms with Crippen molar-refractivity contribution >= 4 is 5.91 Å². The molecule has 1 aromatic heterocycles. The molecule has 0 radical (unpaired) electrons. The quantitative estimate of drug-likeness (QED) is 0.938. The molecule has 3 rings (SSSR count). The third-order valence-electron chi connectivity index (χ3n) is 3.71. The van der Waals surface area contributed by atoms with Gasteiger partial charge in [0.05, 0.1) is 18.8 Å². The first-order valence-corrected chi connectivity index (χ1v) is 7.21. The van der Waals surface area contributed by atoms with Gasteiger partial charge in [-0.1, -0.05) is 24.3 Å². The molecule has 1 N–H and O–H groups in total. The van der Waals surface area contributed by atoms with Gasteiger partial charge in [0.1, 0.15) is 5.75 Å². The number of hydrogen-bond acceptors (Lipinski definition) is 3. The summed E-state index contributed by atoms with van der Waals surface area (Å²) in [6.07, 6.45) is 3.11. The summed E-state index contributed by atoms with van der Waals surface area (Å²) in [6.45, 7) is 1.15. The molecule has 21 heavy (non-hydrogen) atoms. The standard InChI is InChI=1S/C17H18N2O2/c20-17(19-12-14-5-3-4-9-18-14)11-13-8-10-21-16-7-2-1-6-15(13)16/h1-7,9,13H,8,10-12H2,(H,19,20). The zero-order valence-electron chi connectivity index (χ0n) is 11.8. The van der Waals surface area contributed by atoms with E-state index in [9.17, 15) is 4.79 Å². The van der Waals surface area contributed by atoms with E-state index < -0.39 is 0 Å². The van der Waals surface area contributed by atoms with E-state index >= 15 is 0 Å². The number of rotatable bonds is 4. The number of carbonyl (C=O) groups is 1. The van der Waals surface area contributed by atoms with Gasteiger partial charge in [0, 0.05) is 12.6 Å². The summed E-state index contributed by atoms with van der Waals surface area (Å²) in [5, 5.41) is 2.93. The van der Waals surface area contributed by atoms with Gasteiger partial charge >= 0.3 is 0 Å². The molecular formula is C17H18N2O2. The van der Waals surface area contributed by atoms with Gasteiger partial charge in [0.15, 0.2) is 0 Å². The van der Waals surface area contributed by atoms with Gasteiger partial charge in [0.2, 0.25) is 5.91 Å². The highest BCUT2D eigenvalue weighted by Crippen LogP contribution is 2.35. The molecule has 0 saturated heterocycles. The molecule has 2 heterocycles. The number of ether oxygens (including phenoxy) is 1.